The lowest BCUT2D eigenvalue weighted by Gasteiger charge is -2.29. The molecule has 0 spiro atoms. The van der Waals surface area contributed by atoms with E-state index in [1.807, 2.05) is 61.5 Å². The summed E-state index contributed by atoms with van der Waals surface area (Å²) in [6.45, 7) is 1.93. The highest BCUT2D eigenvalue weighted by molar-refractivity contribution is 6.43. The summed E-state index contributed by atoms with van der Waals surface area (Å²) in [5, 5.41) is 0. The average Bonchev–Trinajstić information content (AvgIpc) is 2.83. The summed E-state index contributed by atoms with van der Waals surface area (Å²) in [5.41, 5.74) is 4.65. The smallest absolute Gasteiger partial charge is 0.265 e. The first-order chi connectivity index (χ1) is 15.6. The van der Waals surface area contributed by atoms with Crippen LogP contribution in [0.4, 0.5) is 5.69 Å². The number of imide groups is 1. The minimum Gasteiger partial charge on any atom is -0.268 e. The largest absolute Gasteiger partial charge is 0.268 e. The van der Waals surface area contributed by atoms with Gasteiger partial charge in [-0.25, -0.2) is 14.9 Å². The maximum atomic E-state index is 13.5. The molecule has 0 fully saturated rings. The molecule has 0 atom stereocenters. The van der Waals surface area contributed by atoms with E-state index < -0.39 is 0 Å². The van der Waals surface area contributed by atoms with E-state index in [-0.39, 0.29) is 11.8 Å². The molecule has 32 heavy (non-hydrogen) atoms. The second-order valence-corrected chi connectivity index (χ2v) is 7.59. The first kappa shape index (κ1) is 19.6. The fourth-order valence-corrected chi connectivity index (χ4v) is 3.81. The Morgan fingerprint density at radius 2 is 1.44 bits per heavy atom. The van der Waals surface area contributed by atoms with E-state index in [0.717, 1.165) is 11.1 Å². The summed E-state index contributed by atoms with van der Waals surface area (Å²) < 4.78 is 0. The molecule has 1 aliphatic heterocycles. The second kappa shape index (κ2) is 8.04. The summed E-state index contributed by atoms with van der Waals surface area (Å²) >= 11 is 0. The number of hydrogen-bond donors (Lipinski definition) is 0. The van der Waals surface area contributed by atoms with Crippen molar-refractivity contribution in [2.45, 2.75) is 6.92 Å². The number of carbonyl (C=O) groups is 2. The fraction of sp³-hybridized carbons (Fsp3) is 0.0370. The van der Waals surface area contributed by atoms with Gasteiger partial charge in [-0.1, -0.05) is 60.7 Å². The molecular weight excluding hydrogens is 398 g/mol. The highest BCUT2D eigenvalue weighted by atomic mass is 16.2. The molecule has 5 nitrogen and oxygen atoms in total. The highest BCUT2D eigenvalue weighted by Crippen LogP contribution is 2.33. The van der Waals surface area contributed by atoms with Crippen molar-refractivity contribution in [3.05, 3.63) is 114 Å². The predicted molar refractivity (Wildman–Crippen MR) is 125 cm³/mol. The van der Waals surface area contributed by atoms with Gasteiger partial charge in [-0.15, -0.1) is 0 Å². The number of aromatic nitrogens is 2. The van der Waals surface area contributed by atoms with Gasteiger partial charge in [0.25, 0.3) is 11.8 Å². The van der Waals surface area contributed by atoms with Crippen molar-refractivity contribution in [3.8, 4) is 11.4 Å². The number of carbonyl (C=O) groups excluding carboxylic acids is 2. The van der Waals surface area contributed by atoms with Crippen molar-refractivity contribution in [1.82, 2.24) is 9.97 Å². The van der Waals surface area contributed by atoms with Crippen molar-refractivity contribution >= 4 is 29.2 Å². The van der Waals surface area contributed by atoms with Gasteiger partial charge in [-0.2, -0.15) is 0 Å². The highest BCUT2D eigenvalue weighted by Gasteiger charge is 2.35. The van der Waals surface area contributed by atoms with Crippen LogP contribution in [0.5, 0.6) is 0 Å². The number of rotatable bonds is 3. The van der Waals surface area contributed by atoms with E-state index in [0.29, 0.717) is 33.8 Å². The molecule has 0 bridgehead atoms. The molecule has 154 valence electrons. The number of nitrogens with zero attached hydrogens (tertiary/aromatic N) is 3. The van der Waals surface area contributed by atoms with Gasteiger partial charge in [-0.05, 0) is 42.3 Å². The molecule has 3 aromatic carbocycles. The molecule has 4 aromatic rings. The quantitative estimate of drug-likeness (QED) is 0.340. The minimum atomic E-state index is -0.369. The van der Waals surface area contributed by atoms with Crippen LogP contribution in [0, 0.1) is 6.92 Å². The van der Waals surface area contributed by atoms with E-state index in [9.17, 15) is 9.59 Å². The van der Waals surface area contributed by atoms with Crippen LogP contribution in [0.1, 0.15) is 27.0 Å². The van der Waals surface area contributed by atoms with Crippen LogP contribution in [0.15, 0.2) is 91.3 Å². The van der Waals surface area contributed by atoms with Crippen LogP contribution < -0.4 is 4.90 Å². The normalized spacial score (nSPS) is 14.5. The lowest BCUT2D eigenvalue weighted by Crippen LogP contribution is -2.41. The van der Waals surface area contributed by atoms with Gasteiger partial charge in [0.2, 0.25) is 0 Å². The van der Waals surface area contributed by atoms with Gasteiger partial charge in [0.05, 0.1) is 5.69 Å². The number of fused-ring (bicyclic) bond motifs is 1. The van der Waals surface area contributed by atoms with Gasteiger partial charge in [0.1, 0.15) is 0 Å². The van der Waals surface area contributed by atoms with Gasteiger partial charge >= 0.3 is 0 Å². The third-order valence-electron chi connectivity index (χ3n) is 5.36. The van der Waals surface area contributed by atoms with Crippen molar-refractivity contribution in [1.29, 1.82) is 0 Å². The number of benzene rings is 3. The third kappa shape index (κ3) is 3.50. The number of aryl methyl sites for hydroxylation is 1. The number of anilines is 1. The SMILES string of the molecule is Cc1cccc(N2C(=O)/C(=C\c3cnc(-c4ccccc4)nc3)c3ccccc3C2=O)c1. The molecule has 2 amide bonds. The maximum Gasteiger partial charge on any atom is 0.265 e. The van der Waals surface area contributed by atoms with Crippen LogP contribution in [-0.2, 0) is 4.79 Å². The third-order valence-corrected chi connectivity index (χ3v) is 5.36. The van der Waals surface area contributed by atoms with E-state index in [1.54, 1.807) is 42.7 Å². The zero-order valence-electron chi connectivity index (χ0n) is 17.4. The Bertz CT molecular complexity index is 1360. The molecule has 0 unspecified atom stereocenters. The van der Waals surface area contributed by atoms with Gasteiger partial charge in [0, 0.05) is 34.7 Å². The van der Waals surface area contributed by atoms with Crippen LogP contribution in [0.2, 0.25) is 0 Å². The molecule has 2 heterocycles. The van der Waals surface area contributed by atoms with E-state index >= 15 is 0 Å². The zero-order valence-corrected chi connectivity index (χ0v) is 17.4. The molecular formula is C27H19N3O2. The molecule has 0 saturated heterocycles. The molecule has 5 rings (SSSR count). The molecule has 0 radical (unpaired) electrons. The predicted octanol–water partition coefficient (Wildman–Crippen LogP) is 5.18. The van der Waals surface area contributed by atoms with E-state index in [1.165, 1.54) is 4.90 Å². The lowest BCUT2D eigenvalue weighted by molar-refractivity contribution is -0.112. The molecule has 5 heteroatoms. The Morgan fingerprint density at radius 3 is 2.16 bits per heavy atom. The van der Waals surface area contributed by atoms with Crippen molar-refractivity contribution < 1.29 is 9.59 Å². The van der Waals surface area contributed by atoms with Crippen LogP contribution >= 0.6 is 0 Å². The Morgan fingerprint density at radius 1 is 0.750 bits per heavy atom. The van der Waals surface area contributed by atoms with Gasteiger partial charge in [0.15, 0.2) is 5.82 Å². The van der Waals surface area contributed by atoms with Gasteiger partial charge in [-0.3, -0.25) is 9.59 Å². The summed E-state index contributed by atoms with van der Waals surface area (Å²) in [6.07, 6.45) is 5.11. The van der Waals surface area contributed by atoms with E-state index in [2.05, 4.69) is 9.97 Å². The van der Waals surface area contributed by atoms with Crippen molar-refractivity contribution in [2.75, 3.05) is 4.90 Å². The summed E-state index contributed by atoms with van der Waals surface area (Å²) in [5.74, 6) is -0.0878. The molecule has 0 N–H and O–H groups in total. The monoisotopic (exact) mass is 417 g/mol. The number of hydrogen-bond acceptors (Lipinski definition) is 4. The molecule has 0 saturated carbocycles. The Balaban J connectivity index is 1.59. The Hall–Kier alpha value is -4.38. The van der Waals surface area contributed by atoms with Crippen LogP contribution in [0.3, 0.4) is 0 Å². The first-order valence-corrected chi connectivity index (χ1v) is 10.3. The summed E-state index contributed by atoms with van der Waals surface area (Å²) in [6, 6.07) is 24.2. The summed E-state index contributed by atoms with van der Waals surface area (Å²) in [4.78, 5) is 36.8. The summed E-state index contributed by atoms with van der Waals surface area (Å²) in [7, 11) is 0. The lowest BCUT2D eigenvalue weighted by atomic mass is 9.92. The van der Waals surface area contributed by atoms with Crippen LogP contribution in [0.25, 0.3) is 23.0 Å². The Labute approximate surface area is 185 Å². The minimum absolute atomic E-state index is 0.330. The van der Waals surface area contributed by atoms with E-state index in [4.69, 9.17) is 0 Å². The van der Waals surface area contributed by atoms with Gasteiger partial charge < -0.3 is 0 Å². The van der Waals surface area contributed by atoms with Crippen molar-refractivity contribution in [2.24, 2.45) is 0 Å². The van der Waals surface area contributed by atoms with Crippen molar-refractivity contribution in [3.63, 3.8) is 0 Å². The second-order valence-electron chi connectivity index (χ2n) is 7.59. The Kier molecular flexibility index (Phi) is 4.92. The maximum absolute atomic E-state index is 13.5. The number of amides is 2. The molecule has 1 aliphatic rings. The first-order valence-electron chi connectivity index (χ1n) is 10.3. The fourth-order valence-electron chi connectivity index (χ4n) is 3.81. The topological polar surface area (TPSA) is 63.2 Å². The van der Waals surface area contributed by atoms with Crippen LogP contribution in [-0.4, -0.2) is 21.8 Å². The molecule has 0 aliphatic carbocycles. The zero-order chi connectivity index (χ0) is 22.1. The molecule has 1 aromatic heterocycles. The standard InChI is InChI=1S/C27H19N3O2/c1-18-8-7-11-21(14-18)30-26(31)23-13-6-5-12-22(23)24(27(30)32)15-19-16-28-25(29-17-19)20-9-3-2-4-10-20/h2-17H,1H3/b24-15-. The average molecular weight is 417 g/mol.